The quantitative estimate of drug-likeness (QED) is 0.801. The standard InChI is InChI=1S/C12H14ClNO2S.ClH/c1-7-5-12(2-3-14-7)11-8(4-10(13)17-11)9(15)6-16-12;/h4,7,14H,2-3,5-6H2,1H3;1H/t7-,12+;/m0./s1. The molecule has 1 N–H and O–H groups in total. The van der Waals surface area contributed by atoms with Crippen LogP contribution in [0.2, 0.25) is 4.34 Å². The van der Waals surface area contributed by atoms with Crippen LogP contribution in [-0.2, 0) is 10.3 Å². The number of fused-ring (bicyclic) bond motifs is 2. The van der Waals surface area contributed by atoms with Crippen LogP contribution in [-0.4, -0.2) is 25.0 Å². The van der Waals surface area contributed by atoms with E-state index in [4.69, 9.17) is 16.3 Å². The van der Waals surface area contributed by atoms with Gasteiger partial charge in [0.25, 0.3) is 0 Å². The second-order valence-corrected chi connectivity index (χ2v) is 6.49. The Morgan fingerprint density at radius 1 is 1.61 bits per heavy atom. The van der Waals surface area contributed by atoms with E-state index in [1.807, 2.05) is 0 Å². The molecule has 1 aromatic heterocycles. The zero-order chi connectivity index (χ0) is 12.0. The summed E-state index contributed by atoms with van der Waals surface area (Å²) in [6, 6.07) is 2.20. The lowest BCUT2D eigenvalue weighted by molar-refractivity contribution is -0.0734. The molecule has 6 heteroatoms. The number of rotatable bonds is 0. The van der Waals surface area contributed by atoms with Crippen molar-refractivity contribution in [2.45, 2.75) is 31.4 Å². The third-order valence-electron chi connectivity index (χ3n) is 3.55. The lowest BCUT2D eigenvalue weighted by Gasteiger charge is -2.42. The Kier molecular flexibility index (Phi) is 4.04. The first-order chi connectivity index (χ1) is 8.11. The van der Waals surface area contributed by atoms with Crippen molar-refractivity contribution in [1.29, 1.82) is 0 Å². The molecule has 0 aromatic carbocycles. The second kappa shape index (κ2) is 5.10. The Morgan fingerprint density at radius 3 is 3.11 bits per heavy atom. The third-order valence-corrected chi connectivity index (χ3v) is 5.00. The molecule has 3 nitrogen and oxygen atoms in total. The molecule has 0 bridgehead atoms. The van der Waals surface area contributed by atoms with Crippen molar-refractivity contribution in [1.82, 2.24) is 5.32 Å². The summed E-state index contributed by atoms with van der Waals surface area (Å²) in [5.41, 5.74) is 0.492. The highest BCUT2D eigenvalue weighted by Gasteiger charge is 2.44. The van der Waals surface area contributed by atoms with Crippen LogP contribution >= 0.6 is 35.3 Å². The monoisotopic (exact) mass is 307 g/mol. The van der Waals surface area contributed by atoms with Crippen molar-refractivity contribution >= 4 is 41.1 Å². The molecule has 0 aliphatic carbocycles. The van der Waals surface area contributed by atoms with Gasteiger partial charge in [-0.1, -0.05) is 11.6 Å². The number of Topliss-reactive ketones (excluding diaryl/α,β-unsaturated/α-hetero) is 1. The highest BCUT2D eigenvalue weighted by Crippen LogP contribution is 2.46. The maximum Gasteiger partial charge on any atom is 0.189 e. The highest BCUT2D eigenvalue weighted by molar-refractivity contribution is 7.16. The number of nitrogens with one attached hydrogen (secondary N) is 1. The molecule has 1 fully saturated rings. The number of hydrogen-bond acceptors (Lipinski definition) is 4. The fraction of sp³-hybridized carbons (Fsp3) is 0.583. The van der Waals surface area contributed by atoms with E-state index in [-0.39, 0.29) is 30.4 Å². The molecule has 1 saturated heterocycles. The van der Waals surface area contributed by atoms with Crippen LogP contribution in [0.5, 0.6) is 0 Å². The molecule has 3 heterocycles. The van der Waals surface area contributed by atoms with E-state index in [0.29, 0.717) is 10.4 Å². The predicted octanol–water partition coefficient (Wildman–Crippen LogP) is 3.00. The van der Waals surface area contributed by atoms with Gasteiger partial charge in [0.15, 0.2) is 5.78 Å². The van der Waals surface area contributed by atoms with E-state index in [1.165, 1.54) is 11.3 Å². The third kappa shape index (κ3) is 2.21. The van der Waals surface area contributed by atoms with Gasteiger partial charge in [-0.05, 0) is 32.4 Å². The average molecular weight is 308 g/mol. The summed E-state index contributed by atoms with van der Waals surface area (Å²) in [5.74, 6) is 0.0555. The van der Waals surface area contributed by atoms with Gasteiger partial charge < -0.3 is 10.1 Å². The van der Waals surface area contributed by atoms with Crippen LogP contribution < -0.4 is 5.32 Å². The molecule has 0 amide bonds. The highest BCUT2D eigenvalue weighted by atomic mass is 35.5. The molecule has 1 aromatic rings. The number of carbonyl (C=O) groups is 1. The van der Waals surface area contributed by atoms with Gasteiger partial charge in [-0.15, -0.1) is 23.7 Å². The first-order valence-electron chi connectivity index (χ1n) is 5.81. The maximum atomic E-state index is 11.8. The van der Waals surface area contributed by atoms with Gasteiger partial charge in [0.2, 0.25) is 0 Å². The molecule has 0 saturated carbocycles. The van der Waals surface area contributed by atoms with Gasteiger partial charge in [-0.2, -0.15) is 0 Å². The van der Waals surface area contributed by atoms with E-state index >= 15 is 0 Å². The number of piperidine rings is 1. The first kappa shape index (κ1) is 14.3. The second-order valence-electron chi connectivity index (χ2n) is 4.81. The van der Waals surface area contributed by atoms with Crippen LogP contribution in [0, 0.1) is 0 Å². The Morgan fingerprint density at radius 2 is 2.39 bits per heavy atom. The van der Waals surface area contributed by atoms with Crippen molar-refractivity contribution in [2.24, 2.45) is 0 Å². The minimum Gasteiger partial charge on any atom is -0.361 e. The summed E-state index contributed by atoms with van der Waals surface area (Å²) < 4.78 is 6.57. The summed E-state index contributed by atoms with van der Waals surface area (Å²) >= 11 is 7.54. The average Bonchev–Trinajstić information content (AvgIpc) is 2.68. The van der Waals surface area contributed by atoms with Crippen LogP contribution in [0.1, 0.15) is 35.0 Å². The minimum absolute atomic E-state index is 0. The summed E-state index contributed by atoms with van der Waals surface area (Å²) in [7, 11) is 0. The summed E-state index contributed by atoms with van der Waals surface area (Å²) in [6.07, 6.45) is 1.82. The van der Waals surface area contributed by atoms with Crippen molar-refractivity contribution in [3.05, 3.63) is 20.8 Å². The number of ketones is 1. The number of thiophene rings is 1. The molecule has 3 rings (SSSR count). The minimum atomic E-state index is -0.286. The van der Waals surface area contributed by atoms with Crippen molar-refractivity contribution in [2.75, 3.05) is 13.2 Å². The van der Waals surface area contributed by atoms with Crippen molar-refractivity contribution in [3.8, 4) is 0 Å². The lowest BCUT2D eigenvalue weighted by atomic mass is 9.83. The maximum absolute atomic E-state index is 11.8. The molecule has 100 valence electrons. The normalized spacial score (nSPS) is 31.0. The number of halogens is 2. The van der Waals surface area contributed by atoms with Crippen LogP contribution in [0.4, 0.5) is 0 Å². The molecule has 0 radical (unpaired) electrons. The Hall–Kier alpha value is -0.130. The van der Waals surface area contributed by atoms with Crippen LogP contribution in [0.25, 0.3) is 0 Å². The van der Waals surface area contributed by atoms with Crippen LogP contribution in [0.15, 0.2) is 6.07 Å². The molecule has 2 aliphatic rings. The van der Waals surface area contributed by atoms with Crippen LogP contribution in [0.3, 0.4) is 0 Å². The van der Waals surface area contributed by atoms with Gasteiger partial charge in [0.05, 0.1) is 4.34 Å². The SMILES string of the molecule is C[C@H]1C[C@@]2(CCN1)OCC(=O)c1cc(Cl)sc12.Cl. The van der Waals surface area contributed by atoms with Crippen molar-refractivity contribution < 1.29 is 9.53 Å². The number of ether oxygens (including phenoxy) is 1. The zero-order valence-corrected chi connectivity index (χ0v) is 12.4. The number of carbonyl (C=O) groups excluding carboxylic acids is 1. The van der Waals surface area contributed by atoms with E-state index in [0.717, 1.165) is 29.8 Å². The Bertz CT molecular complexity index is 477. The zero-order valence-electron chi connectivity index (χ0n) is 9.99. The molecular formula is C12H15Cl2NO2S. The Balaban J connectivity index is 0.00000120. The number of hydrogen-bond donors (Lipinski definition) is 1. The predicted molar refractivity (Wildman–Crippen MR) is 75.2 cm³/mol. The van der Waals surface area contributed by atoms with E-state index in [1.54, 1.807) is 6.07 Å². The fourth-order valence-corrected chi connectivity index (χ4v) is 4.21. The molecule has 18 heavy (non-hydrogen) atoms. The molecule has 2 atom stereocenters. The van der Waals surface area contributed by atoms with Crippen molar-refractivity contribution in [3.63, 3.8) is 0 Å². The van der Waals surface area contributed by atoms with Gasteiger partial charge in [-0.25, -0.2) is 0 Å². The lowest BCUT2D eigenvalue weighted by Crippen LogP contribution is -2.49. The topological polar surface area (TPSA) is 38.3 Å². The van der Waals surface area contributed by atoms with Gasteiger partial charge in [0.1, 0.15) is 12.2 Å². The van der Waals surface area contributed by atoms with E-state index in [9.17, 15) is 4.79 Å². The first-order valence-corrected chi connectivity index (χ1v) is 7.00. The smallest absolute Gasteiger partial charge is 0.189 e. The molecule has 2 aliphatic heterocycles. The Labute approximate surface area is 121 Å². The fourth-order valence-electron chi connectivity index (χ4n) is 2.78. The van der Waals surface area contributed by atoms with Gasteiger partial charge >= 0.3 is 0 Å². The largest absolute Gasteiger partial charge is 0.361 e. The van der Waals surface area contributed by atoms with E-state index in [2.05, 4.69) is 12.2 Å². The van der Waals surface area contributed by atoms with Gasteiger partial charge in [0, 0.05) is 16.5 Å². The molecular weight excluding hydrogens is 293 g/mol. The summed E-state index contributed by atoms with van der Waals surface area (Å²) in [5, 5.41) is 3.41. The summed E-state index contributed by atoms with van der Waals surface area (Å²) in [4.78, 5) is 12.8. The van der Waals surface area contributed by atoms with E-state index < -0.39 is 0 Å². The summed E-state index contributed by atoms with van der Waals surface area (Å²) in [6.45, 7) is 3.26. The van der Waals surface area contributed by atoms with Gasteiger partial charge in [-0.3, -0.25) is 4.79 Å². The molecule has 0 unspecified atom stereocenters. The molecule has 1 spiro atoms.